The molecule has 0 atom stereocenters. The monoisotopic (exact) mass is 396 g/mol. The average molecular weight is 397 g/mol. The maximum Gasteiger partial charge on any atom is 0.247 e. The molecule has 0 aliphatic carbocycles. The molecule has 0 spiro atoms. The van der Waals surface area contributed by atoms with Gasteiger partial charge in [-0.1, -0.05) is 11.6 Å². The van der Waals surface area contributed by atoms with Crippen LogP contribution in [-0.2, 0) is 16.3 Å². The molecule has 26 heavy (non-hydrogen) atoms. The summed E-state index contributed by atoms with van der Waals surface area (Å²) in [5.74, 6) is -1.71. The number of halogens is 3. The van der Waals surface area contributed by atoms with Crippen molar-refractivity contribution in [3.8, 4) is 11.3 Å². The maximum atomic E-state index is 13.6. The number of benzene rings is 1. The van der Waals surface area contributed by atoms with E-state index in [1.54, 1.807) is 0 Å². The number of aromatic nitrogens is 4. The second-order valence-electron chi connectivity index (χ2n) is 5.42. The molecule has 0 aliphatic heterocycles. The van der Waals surface area contributed by atoms with Crippen molar-refractivity contribution in [1.29, 1.82) is 0 Å². The van der Waals surface area contributed by atoms with Crippen molar-refractivity contribution in [3.05, 3.63) is 64.8 Å². The van der Waals surface area contributed by atoms with Gasteiger partial charge in [0.1, 0.15) is 5.82 Å². The predicted octanol–water partition coefficient (Wildman–Crippen LogP) is 2.86. The Bertz CT molecular complexity index is 1080. The van der Waals surface area contributed by atoms with Gasteiger partial charge in [-0.05, 0) is 18.2 Å². The van der Waals surface area contributed by atoms with Crippen LogP contribution >= 0.6 is 11.6 Å². The third kappa shape index (κ3) is 4.00. The first kappa shape index (κ1) is 18.3. The maximum absolute atomic E-state index is 13.6. The highest BCUT2D eigenvalue weighted by molar-refractivity contribution is 7.90. The van der Waals surface area contributed by atoms with Crippen molar-refractivity contribution < 1.29 is 17.2 Å². The Morgan fingerprint density at radius 2 is 1.73 bits per heavy atom. The molecule has 6 nitrogen and oxygen atoms in total. The summed E-state index contributed by atoms with van der Waals surface area (Å²) in [6.45, 7) is 0. The first-order valence-electron chi connectivity index (χ1n) is 7.22. The molecule has 0 saturated heterocycles. The van der Waals surface area contributed by atoms with Gasteiger partial charge in [-0.2, -0.15) is 0 Å². The molecule has 0 amide bonds. The molecular weight excluding hydrogens is 386 g/mol. The zero-order valence-electron chi connectivity index (χ0n) is 13.3. The molecule has 3 aromatic rings. The molecule has 0 N–H and O–H groups in total. The minimum atomic E-state index is -3.69. The lowest BCUT2D eigenvalue weighted by molar-refractivity contribution is 0.509. The van der Waals surface area contributed by atoms with Crippen LogP contribution in [0.5, 0.6) is 0 Å². The lowest BCUT2D eigenvalue weighted by Gasteiger charge is -2.10. The first-order chi connectivity index (χ1) is 12.2. The Morgan fingerprint density at radius 3 is 2.35 bits per heavy atom. The van der Waals surface area contributed by atoms with Crippen LogP contribution in [0.25, 0.3) is 11.3 Å². The van der Waals surface area contributed by atoms with Gasteiger partial charge in [0.25, 0.3) is 0 Å². The number of hydrogen-bond acceptors (Lipinski definition) is 6. The minimum Gasteiger partial charge on any atom is -0.239 e. The molecule has 0 radical (unpaired) electrons. The van der Waals surface area contributed by atoms with E-state index in [0.29, 0.717) is 16.4 Å². The smallest absolute Gasteiger partial charge is 0.239 e. The Balaban J connectivity index is 2.13. The average Bonchev–Trinajstić information content (AvgIpc) is 2.59. The Hall–Kier alpha value is -2.52. The van der Waals surface area contributed by atoms with Crippen LogP contribution in [0.1, 0.15) is 11.4 Å². The van der Waals surface area contributed by atoms with E-state index in [9.17, 15) is 17.2 Å². The normalized spacial score (nSPS) is 11.5. The molecule has 0 unspecified atom stereocenters. The zero-order valence-corrected chi connectivity index (χ0v) is 14.9. The molecule has 3 rings (SSSR count). The van der Waals surface area contributed by atoms with Gasteiger partial charge in [-0.3, -0.25) is 0 Å². The number of hydrogen-bond donors (Lipinski definition) is 0. The molecular formula is C16H11ClF2N4O2S. The van der Waals surface area contributed by atoms with Gasteiger partial charge in [0.05, 0.1) is 10.7 Å². The number of sulfone groups is 1. The Morgan fingerprint density at radius 1 is 1.04 bits per heavy atom. The molecule has 0 aliphatic rings. The van der Waals surface area contributed by atoms with Gasteiger partial charge in [0.15, 0.2) is 11.6 Å². The third-order valence-corrected chi connectivity index (χ3v) is 4.44. The van der Waals surface area contributed by atoms with Gasteiger partial charge >= 0.3 is 0 Å². The summed E-state index contributed by atoms with van der Waals surface area (Å²) >= 11 is 5.75. The van der Waals surface area contributed by atoms with Gasteiger partial charge in [0, 0.05) is 42.4 Å². The summed E-state index contributed by atoms with van der Waals surface area (Å²) in [6.07, 6.45) is 5.23. The fourth-order valence-electron chi connectivity index (χ4n) is 2.19. The van der Waals surface area contributed by atoms with Crippen LogP contribution in [0.2, 0.25) is 5.02 Å². The summed E-state index contributed by atoms with van der Waals surface area (Å²) in [5.41, 5.74) is 0.809. The van der Waals surface area contributed by atoms with E-state index in [1.165, 1.54) is 24.7 Å². The second-order valence-corrected chi connectivity index (χ2v) is 7.77. The second kappa shape index (κ2) is 7.00. The molecule has 134 valence electrons. The van der Waals surface area contributed by atoms with Crippen molar-refractivity contribution in [1.82, 2.24) is 19.9 Å². The highest BCUT2D eigenvalue weighted by Crippen LogP contribution is 2.25. The third-order valence-electron chi connectivity index (χ3n) is 3.39. The molecule has 0 bridgehead atoms. The van der Waals surface area contributed by atoms with Gasteiger partial charge in [-0.25, -0.2) is 37.1 Å². The van der Waals surface area contributed by atoms with E-state index in [0.717, 1.165) is 18.4 Å². The van der Waals surface area contributed by atoms with Gasteiger partial charge in [0.2, 0.25) is 15.0 Å². The lowest BCUT2D eigenvalue weighted by atomic mass is 10.0. The van der Waals surface area contributed by atoms with Crippen LogP contribution in [0.15, 0.2) is 41.9 Å². The van der Waals surface area contributed by atoms with Crippen molar-refractivity contribution >= 4 is 21.4 Å². The number of nitrogens with zero attached hydrogens (tertiary/aromatic N) is 4. The Labute approximate surface area is 152 Å². The highest BCUT2D eigenvalue weighted by Gasteiger charge is 2.18. The molecule has 0 fully saturated rings. The molecule has 1 aromatic carbocycles. The quantitative estimate of drug-likeness (QED) is 0.630. The van der Waals surface area contributed by atoms with E-state index in [1.807, 2.05) is 0 Å². The van der Waals surface area contributed by atoms with Crippen molar-refractivity contribution in [2.24, 2.45) is 0 Å². The van der Waals surface area contributed by atoms with Gasteiger partial charge in [-0.15, -0.1) is 0 Å². The summed E-state index contributed by atoms with van der Waals surface area (Å²) in [5, 5.41) is -0.0590. The van der Waals surface area contributed by atoms with Crippen LogP contribution < -0.4 is 0 Å². The summed E-state index contributed by atoms with van der Waals surface area (Å²) in [4.78, 5) is 16.0. The van der Waals surface area contributed by atoms with E-state index in [-0.39, 0.29) is 17.7 Å². The van der Waals surface area contributed by atoms with Crippen LogP contribution in [0.4, 0.5) is 8.78 Å². The van der Waals surface area contributed by atoms with Crippen molar-refractivity contribution in [2.45, 2.75) is 11.6 Å². The molecule has 2 heterocycles. The zero-order chi connectivity index (χ0) is 18.9. The summed E-state index contributed by atoms with van der Waals surface area (Å²) < 4.78 is 50.4. The van der Waals surface area contributed by atoms with Crippen LogP contribution in [0, 0.1) is 11.6 Å². The lowest BCUT2D eigenvalue weighted by Crippen LogP contribution is -2.08. The summed E-state index contributed by atoms with van der Waals surface area (Å²) in [7, 11) is -3.69. The predicted molar refractivity (Wildman–Crippen MR) is 90.3 cm³/mol. The fraction of sp³-hybridized carbons (Fsp3) is 0.125. The Kier molecular flexibility index (Phi) is 4.92. The van der Waals surface area contributed by atoms with E-state index < -0.39 is 26.6 Å². The minimum absolute atomic E-state index is 0.148. The number of rotatable bonds is 4. The first-order valence-corrected chi connectivity index (χ1v) is 9.49. The highest BCUT2D eigenvalue weighted by atomic mass is 35.5. The summed E-state index contributed by atoms with van der Waals surface area (Å²) in [6, 6.07) is 3.18. The topological polar surface area (TPSA) is 85.7 Å². The largest absolute Gasteiger partial charge is 0.247 e. The molecule has 2 aromatic heterocycles. The standard InChI is InChI=1S/C16H11ClF2N4O2S/c1-26(24,25)16-22-6-10(5-14-20-7-11(17)8-21-14)15(23-16)9-2-3-12(18)13(19)4-9/h2-4,6-8H,5H2,1H3. The van der Waals surface area contributed by atoms with E-state index in [2.05, 4.69) is 19.9 Å². The van der Waals surface area contributed by atoms with E-state index >= 15 is 0 Å². The van der Waals surface area contributed by atoms with E-state index in [4.69, 9.17) is 11.6 Å². The SMILES string of the molecule is CS(=O)(=O)c1ncc(Cc2ncc(Cl)cn2)c(-c2ccc(F)c(F)c2)n1. The fourth-order valence-corrected chi connectivity index (χ4v) is 2.79. The molecule has 0 saturated carbocycles. The van der Waals surface area contributed by atoms with Gasteiger partial charge < -0.3 is 0 Å². The molecule has 10 heteroatoms. The van der Waals surface area contributed by atoms with Crippen LogP contribution in [0.3, 0.4) is 0 Å². The van der Waals surface area contributed by atoms with Crippen LogP contribution in [-0.4, -0.2) is 34.6 Å². The van der Waals surface area contributed by atoms with Crippen molar-refractivity contribution in [2.75, 3.05) is 6.26 Å². The van der Waals surface area contributed by atoms with Crippen molar-refractivity contribution in [3.63, 3.8) is 0 Å².